The summed E-state index contributed by atoms with van der Waals surface area (Å²) < 4.78 is 26.6. The molecule has 2 fully saturated rings. The van der Waals surface area contributed by atoms with Gasteiger partial charge in [-0.25, -0.2) is 18.7 Å². The van der Waals surface area contributed by atoms with Crippen LogP contribution in [0.1, 0.15) is 66.0 Å². The van der Waals surface area contributed by atoms with E-state index in [1.807, 2.05) is 6.92 Å². The van der Waals surface area contributed by atoms with E-state index in [4.69, 9.17) is 4.98 Å². The van der Waals surface area contributed by atoms with Crippen LogP contribution < -0.4 is 10.6 Å². The third-order valence-corrected chi connectivity index (χ3v) is 6.43. The molecule has 2 heterocycles. The van der Waals surface area contributed by atoms with Crippen molar-refractivity contribution in [2.45, 2.75) is 57.7 Å². The lowest BCUT2D eigenvalue weighted by atomic mass is 9.90. The fraction of sp³-hybridized carbons (Fsp3) is 0.542. The fourth-order valence-corrected chi connectivity index (χ4v) is 4.35. The molecule has 0 bridgehead atoms. The predicted molar refractivity (Wildman–Crippen MR) is 120 cm³/mol. The largest absolute Gasteiger partial charge is 0.367 e. The van der Waals surface area contributed by atoms with Crippen LogP contribution in [0.15, 0.2) is 24.3 Å². The molecule has 1 unspecified atom stereocenters. The number of alkyl halides is 1. The first-order valence-electron chi connectivity index (χ1n) is 11.5. The van der Waals surface area contributed by atoms with Crippen molar-refractivity contribution in [3.8, 4) is 0 Å². The van der Waals surface area contributed by atoms with E-state index in [1.165, 1.54) is 25.0 Å². The van der Waals surface area contributed by atoms with Gasteiger partial charge in [-0.15, -0.1) is 0 Å². The quantitative estimate of drug-likeness (QED) is 0.649. The maximum atomic E-state index is 13.4. The van der Waals surface area contributed by atoms with Gasteiger partial charge in [-0.05, 0) is 63.4 Å². The zero-order valence-corrected chi connectivity index (χ0v) is 18.7. The first-order valence-corrected chi connectivity index (χ1v) is 11.5. The van der Waals surface area contributed by atoms with E-state index in [9.17, 15) is 13.6 Å². The molecule has 1 aromatic carbocycles. The van der Waals surface area contributed by atoms with E-state index < -0.39 is 6.17 Å². The maximum absolute atomic E-state index is 13.4. The van der Waals surface area contributed by atoms with Crippen LogP contribution in [0.2, 0.25) is 0 Å². The molecule has 2 aliphatic rings. The molecule has 1 amide bonds. The second kappa shape index (κ2) is 9.90. The summed E-state index contributed by atoms with van der Waals surface area (Å²) in [6, 6.07) is 6.14. The summed E-state index contributed by atoms with van der Waals surface area (Å²) in [5.41, 5.74) is 2.31. The Morgan fingerprint density at radius 3 is 2.53 bits per heavy atom. The number of nitrogens with one attached hydrogen (secondary N) is 2. The van der Waals surface area contributed by atoms with E-state index in [1.54, 1.807) is 19.1 Å². The van der Waals surface area contributed by atoms with Crippen LogP contribution in [0.5, 0.6) is 0 Å². The molecule has 1 aliphatic heterocycles. The highest BCUT2D eigenvalue weighted by molar-refractivity contribution is 5.93. The van der Waals surface area contributed by atoms with Crippen LogP contribution >= 0.6 is 0 Å². The smallest absolute Gasteiger partial charge is 0.271 e. The highest BCUT2D eigenvalue weighted by Crippen LogP contribution is 2.29. The number of likely N-dealkylation sites (tertiary alicyclic amines) is 1. The number of carbonyl (C=O) groups excluding carboxylic acids is 1. The van der Waals surface area contributed by atoms with Crippen molar-refractivity contribution in [3.63, 3.8) is 0 Å². The molecule has 1 aliphatic carbocycles. The molecule has 4 rings (SSSR count). The molecule has 1 saturated heterocycles. The van der Waals surface area contributed by atoms with Gasteiger partial charge >= 0.3 is 0 Å². The summed E-state index contributed by atoms with van der Waals surface area (Å²) in [5.74, 6) is -0.180. The van der Waals surface area contributed by atoms with Crippen molar-refractivity contribution in [2.24, 2.45) is 0 Å². The third kappa shape index (κ3) is 5.23. The first-order chi connectivity index (χ1) is 15.4. The maximum Gasteiger partial charge on any atom is 0.271 e. The van der Waals surface area contributed by atoms with Gasteiger partial charge in [0.15, 0.2) is 0 Å². The van der Waals surface area contributed by atoms with Gasteiger partial charge in [0.05, 0.1) is 11.4 Å². The summed E-state index contributed by atoms with van der Waals surface area (Å²) >= 11 is 0. The van der Waals surface area contributed by atoms with Crippen molar-refractivity contribution in [3.05, 3.63) is 52.7 Å². The lowest BCUT2D eigenvalue weighted by Crippen LogP contribution is -2.45. The molecule has 0 spiro atoms. The summed E-state index contributed by atoms with van der Waals surface area (Å²) in [5, 5.41) is 6.27. The molecule has 2 N–H and O–H groups in total. The molecule has 1 saturated carbocycles. The van der Waals surface area contributed by atoms with Crippen LogP contribution in [-0.2, 0) is 0 Å². The Hall–Kier alpha value is -2.61. The number of benzene rings is 1. The minimum absolute atomic E-state index is 0.157. The zero-order valence-electron chi connectivity index (χ0n) is 18.7. The lowest BCUT2D eigenvalue weighted by molar-refractivity contribution is 0.0854. The molecule has 6 nitrogen and oxygen atoms in total. The van der Waals surface area contributed by atoms with Crippen molar-refractivity contribution >= 4 is 11.7 Å². The van der Waals surface area contributed by atoms with Gasteiger partial charge in [0.1, 0.15) is 23.5 Å². The Morgan fingerprint density at radius 1 is 1.19 bits per heavy atom. The number of aryl methyl sites for hydroxylation is 1. The molecule has 32 heavy (non-hydrogen) atoms. The van der Waals surface area contributed by atoms with Crippen LogP contribution in [0, 0.1) is 12.7 Å². The van der Waals surface area contributed by atoms with Gasteiger partial charge < -0.3 is 15.5 Å². The van der Waals surface area contributed by atoms with E-state index in [-0.39, 0.29) is 29.4 Å². The van der Waals surface area contributed by atoms with Gasteiger partial charge in [-0.1, -0.05) is 19.1 Å². The van der Waals surface area contributed by atoms with Crippen LogP contribution in [0.3, 0.4) is 0 Å². The molecule has 172 valence electrons. The molecular formula is C24H31F2N5O. The number of rotatable bonds is 8. The molecule has 8 heteroatoms. The van der Waals surface area contributed by atoms with Gasteiger partial charge in [0.25, 0.3) is 5.91 Å². The Balaban J connectivity index is 1.57. The summed E-state index contributed by atoms with van der Waals surface area (Å²) in [6.45, 7) is 7.61. The highest BCUT2D eigenvalue weighted by Gasteiger charge is 2.31. The average molecular weight is 444 g/mol. The average Bonchev–Trinajstić information content (AvgIpc) is 3.26. The Labute approximate surface area is 187 Å². The number of anilines is 1. The number of nitrogens with zero attached hydrogens (tertiary/aromatic N) is 3. The van der Waals surface area contributed by atoms with Crippen molar-refractivity contribution in [2.75, 3.05) is 31.5 Å². The Bertz CT molecular complexity index is 940. The van der Waals surface area contributed by atoms with Crippen LogP contribution in [-0.4, -0.2) is 59.2 Å². The molecule has 2 aromatic rings. The molecular weight excluding hydrogens is 412 g/mol. The van der Waals surface area contributed by atoms with Gasteiger partial charge in [-0.2, -0.15) is 0 Å². The number of hydrogen-bond acceptors (Lipinski definition) is 5. The molecule has 0 radical (unpaired) electrons. The number of aromatic nitrogens is 2. The summed E-state index contributed by atoms with van der Waals surface area (Å²) in [4.78, 5) is 24.6. The SMILES string of the molecule is Cc1nc(NCCN2CCCC2)c(C(C)c2ccc(F)cc2)nc1C(=O)N[C@H]1C[C@@H](F)C1. The topological polar surface area (TPSA) is 70.2 Å². The van der Waals surface area contributed by atoms with E-state index in [0.717, 1.165) is 31.7 Å². The van der Waals surface area contributed by atoms with Crippen LogP contribution in [0.25, 0.3) is 0 Å². The summed E-state index contributed by atoms with van der Waals surface area (Å²) in [6.07, 6.45) is 2.31. The minimum atomic E-state index is -0.844. The van der Waals surface area contributed by atoms with Gasteiger partial charge in [0, 0.05) is 25.0 Å². The zero-order chi connectivity index (χ0) is 22.7. The van der Waals surface area contributed by atoms with Crippen molar-refractivity contribution in [1.82, 2.24) is 20.2 Å². The normalized spacial score (nSPS) is 21.8. The minimum Gasteiger partial charge on any atom is -0.367 e. The van der Waals surface area contributed by atoms with E-state index >= 15 is 0 Å². The molecule has 1 atom stereocenters. The third-order valence-electron chi connectivity index (χ3n) is 6.43. The van der Waals surface area contributed by atoms with Crippen molar-refractivity contribution < 1.29 is 13.6 Å². The Kier molecular flexibility index (Phi) is 6.98. The number of carbonyl (C=O) groups is 1. The standard InChI is InChI=1S/C24H31F2N5O/c1-15(17-5-7-18(25)8-6-17)21-23(27-9-12-31-10-3-4-11-31)28-16(2)22(30-21)24(32)29-20-13-19(26)14-20/h5-8,15,19-20H,3-4,9-14H2,1-2H3,(H,27,28)(H,29,32)/t15?,19-,20+. The second-order valence-corrected chi connectivity index (χ2v) is 8.88. The predicted octanol–water partition coefficient (Wildman–Crippen LogP) is 3.81. The van der Waals surface area contributed by atoms with Crippen molar-refractivity contribution in [1.29, 1.82) is 0 Å². The van der Waals surface area contributed by atoms with E-state index in [2.05, 4.69) is 20.5 Å². The van der Waals surface area contributed by atoms with E-state index in [0.29, 0.717) is 30.0 Å². The second-order valence-electron chi connectivity index (χ2n) is 8.88. The lowest BCUT2D eigenvalue weighted by Gasteiger charge is -2.30. The number of halogens is 2. The number of amides is 1. The van der Waals surface area contributed by atoms with Crippen LogP contribution in [0.4, 0.5) is 14.6 Å². The van der Waals surface area contributed by atoms with Gasteiger partial charge in [-0.3, -0.25) is 4.79 Å². The first kappa shape index (κ1) is 22.6. The monoisotopic (exact) mass is 443 g/mol. The Morgan fingerprint density at radius 2 is 1.88 bits per heavy atom. The summed E-state index contributed by atoms with van der Waals surface area (Å²) in [7, 11) is 0. The highest BCUT2D eigenvalue weighted by atomic mass is 19.1. The van der Waals surface area contributed by atoms with Gasteiger partial charge in [0.2, 0.25) is 0 Å². The number of hydrogen-bond donors (Lipinski definition) is 2. The fourth-order valence-electron chi connectivity index (χ4n) is 4.35. The molecule has 1 aromatic heterocycles.